The molecule has 1 unspecified atom stereocenters. The van der Waals surface area contributed by atoms with Gasteiger partial charge in [0, 0.05) is 5.56 Å². The third-order valence-electron chi connectivity index (χ3n) is 3.58. The highest BCUT2D eigenvalue weighted by Crippen LogP contribution is 2.29. The van der Waals surface area contributed by atoms with E-state index in [0.717, 1.165) is 12.1 Å². The average molecular weight is 366 g/mol. The minimum Gasteiger partial charge on any atom is -0.484 e. The van der Waals surface area contributed by atoms with Crippen molar-refractivity contribution in [1.82, 2.24) is 5.32 Å². The van der Waals surface area contributed by atoms with Gasteiger partial charge in [-0.1, -0.05) is 12.1 Å². The van der Waals surface area contributed by atoms with E-state index in [0.29, 0.717) is 16.9 Å². The number of alkyl halides is 3. The molecule has 26 heavy (non-hydrogen) atoms. The fourth-order valence-corrected chi connectivity index (χ4v) is 2.18. The van der Waals surface area contributed by atoms with Crippen LogP contribution in [-0.2, 0) is 11.0 Å². The Morgan fingerprint density at radius 2 is 1.65 bits per heavy atom. The standard InChI is InChI=1S/C18H17F3N2O3/c1-11(12-2-6-14(7-3-12)18(19,20)21)23-17(25)13-4-8-15(9-5-13)26-10-16(22)24/h2-9,11H,10H2,1H3,(H2,22,24)(H,23,25). The summed E-state index contributed by atoms with van der Waals surface area (Å²) in [7, 11) is 0. The van der Waals surface area contributed by atoms with Gasteiger partial charge in [-0.3, -0.25) is 9.59 Å². The van der Waals surface area contributed by atoms with E-state index < -0.39 is 23.7 Å². The van der Waals surface area contributed by atoms with Gasteiger partial charge in [-0.25, -0.2) is 0 Å². The molecule has 1 atom stereocenters. The first-order valence-electron chi connectivity index (χ1n) is 7.66. The molecule has 138 valence electrons. The van der Waals surface area contributed by atoms with Crippen LogP contribution in [0.15, 0.2) is 48.5 Å². The van der Waals surface area contributed by atoms with Crippen LogP contribution in [0, 0.1) is 0 Å². The normalized spacial score (nSPS) is 12.3. The minimum absolute atomic E-state index is 0.267. The zero-order valence-corrected chi connectivity index (χ0v) is 13.8. The van der Waals surface area contributed by atoms with E-state index in [-0.39, 0.29) is 12.5 Å². The molecular formula is C18H17F3N2O3. The maximum absolute atomic E-state index is 12.6. The third kappa shape index (κ3) is 5.23. The summed E-state index contributed by atoms with van der Waals surface area (Å²) < 4.78 is 42.8. The summed E-state index contributed by atoms with van der Waals surface area (Å²) in [6.07, 6.45) is -4.40. The summed E-state index contributed by atoms with van der Waals surface area (Å²) in [5.74, 6) is -0.618. The molecule has 0 aliphatic carbocycles. The largest absolute Gasteiger partial charge is 0.484 e. The maximum Gasteiger partial charge on any atom is 0.416 e. The van der Waals surface area contributed by atoms with Crippen molar-refractivity contribution in [3.8, 4) is 5.75 Å². The van der Waals surface area contributed by atoms with Gasteiger partial charge in [-0.15, -0.1) is 0 Å². The second kappa shape index (κ2) is 7.90. The number of rotatable bonds is 6. The number of nitrogens with one attached hydrogen (secondary N) is 1. The van der Waals surface area contributed by atoms with Crippen LogP contribution in [0.1, 0.15) is 34.5 Å². The number of ether oxygens (including phenoxy) is 1. The van der Waals surface area contributed by atoms with Gasteiger partial charge < -0.3 is 15.8 Å². The quantitative estimate of drug-likeness (QED) is 0.824. The molecule has 0 spiro atoms. The van der Waals surface area contributed by atoms with E-state index in [9.17, 15) is 22.8 Å². The molecule has 3 N–H and O–H groups in total. The molecular weight excluding hydrogens is 349 g/mol. The molecule has 2 aromatic carbocycles. The summed E-state index contributed by atoms with van der Waals surface area (Å²) in [6.45, 7) is 1.40. The van der Waals surface area contributed by atoms with Crippen LogP contribution >= 0.6 is 0 Å². The molecule has 2 rings (SSSR count). The lowest BCUT2D eigenvalue weighted by molar-refractivity contribution is -0.137. The lowest BCUT2D eigenvalue weighted by Crippen LogP contribution is -2.26. The average Bonchev–Trinajstić information content (AvgIpc) is 2.59. The first kappa shape index (κ1) is 19.3. The molecule has 0 saturated carbocycles. The van der Waals surface area contributed by atoms with Gasteiger partial charge in [0.1, 0.15) is 5.75 Å². The fourth-order valence-electron chi connectivity index (χ4n) is 2.18. The van der Waals surface area contributed by atoms with Gasteiger partial charge >= 0.3 is 6.18 Å². The Balaban J connectivity index is 1.99. The number of halogens is 3. The van der Waals surface area contributed by atoms with Gasteiger partial charge in [0.15, 0.2) is 6.61 Å². The van der Waals surface area contributed by atoms with Gasteiger partial charge in [-0.05, 0) is 48.9 Å². The number of benzene rings is 2. The molecule has 0 bridgehead atoms. The zero-order valence-electron chi connectivity index (χ0n) is 13.8. The number of hydrogen-bond acceptors (Lipinski definition) is 3. The van der Waals surface area contributed by atoms with Crippen molar-refractivity contribution in [2.45, 2.75) is 19.1 Å². The van der Waals surface area contributed by atoms with E-state index >= 15 is 0 Å². The molecule has 2 amide bonds. The highest BCUT2D eigenvalue weighted by Gasteiger charge is 2.30. The Morgan fingerprint density at radius 3 is 2.15 bits per heavy atom. The SMILES string of the molecule is CC(NC(=O)c1ccc(OCC(N)=O)cc1)c1ccc(C(F)(F)F)cc1. The van der Waals surface area contributed by atoms with Crippen LogP contribution < -0.4 is 15.8 Å². The topological polar surface area (TPSA) is 81.4 Å². The lowest BCUT2D eigenvalue weighted by Gasteiger charge is -2.15. The summed E-state index contributed by atoms with van der Waals surface area (Å²) in [5.41, 5.74) is 5.12. The Labute approximate surface area is 148 Å². The molecule has 0 saturated heterocycles. The first-order valence-corrected chi connectivity index (χ1v) is 7.66. The number of hydrogen-bond donors (Lipinski definition) is 2. The molecule has 0 radical (unpaired) electrons. The van der Waals surface area contributed by atoms with Crippen LogP contribution in [0.2, 0.25) is 0 Å². The van der Waals surface area contributed by atoms with Gasteiger partial charge in [0.05, 0.1) is 11.6 Å². The molecule has 0 fully saturated rings. The number of amides is 2. The van der Waals surface area contributed by atoms with Crippen molar-refractivity contribution in [3.63, 3.8) is 0 Å². The second-order valence-corrected chi connectivity index (χ2v) is 5.59. The Hall–Kier alpha value is -3.03. The second-order valence-electron chi connectivity index (χ2n) is 5.59. The molecule has 5 nitrogen and oxygen atoms in total. The van der Waals surface area contributed by atoms with E-state index in [1.807, 2.05) is 0 Å². The molecule has 0 aromatic heterocycles. The Bertz CT molecular complexity index is 772. The van der Waals surface area contributed by atoms with E-state index in [1.54, 1.807) is 6.92 Å². The number of carbonyl (C=O) groups excluding carboxylic acids is 2. The number of nitrogens with two attached hydrogens (primary N) is 1. The van der Waals surface area contributed by atoms with Crippen LogP contribution in [0.5, 0.6) is 5.75 Å². The molecule has 2 aromatic rings. The smallest absolute Gasteiger partial charge is 0.416 e. The summed E-state index contributed by atoms with van der Waals surface area (Å²) >= 11 is 0. The molecule has 0 heterocycles. The predicted octanol–water partition coefficient (Wildman–Crippen LogP) is 3.06. The van der Waals surface area contributed by atoms with Crippen molar-refractivity contribution in [3.05, 3.63) is 65.2 Å². The van der Waals surface area contributed by atoms with Crippen LogP contribution in [0.3, 0.4) is 0 Å². The highest BCUT2D eigenvalue weighted by atomic mass is 19.4. The molecule has 8 heteroatoms. The van der Waals surface area contributed by atoms with Crippen molar-refractivity contribution < 1.29 is 27.5 Å². The summed E-state index contributed by atoms with van der Waals surface area (Å²) in [6, 6.07) is 10.2. The van der Waals surface area contributed by atoms with Gasteiger partial charge in [0.25, 0.3) is 11.8 Å². The van der Waals surface area contributed by atoms with Crippen LogP contribution in [0.25, 0.3) is 0 Å². The van der Waals surface area contributed by atoms with Crippen molar-refractivity contribution in [2.75, 3.05) is 6.61 Å². The predicted molar refractivity (Wildman–Crippen MR) is 88.5 cm³/mol. The fraction of sp³-hybridized carbons (Fsp3) is 0.222. The summed E-state index contributed by atoms with van der Waals surface area (Å²) in [4.78, 5) is 22.9. The lowest BCUT2D eigenvalue weighted by atomic mass is 10.1. The van der Waals surface area contributed by atoms with E-state index in [2.05, 4.69) is 5.32 Å². The van der Waals surface area contributed by atoms with Gasteiger partial charge in [0.2, 0.25) is 0 Å². The van der Waals surface area contributed by atoms with Crippen molar-refractivity contribution in [2.24, 2.45) is 5.73 Å². The Kier molecular flexibility index (Phi) is 5.86. The van der Waals surface area contributed by atoms with Crippen molar-refractivity contribution in [1.29, 1.82) is 0 Å². The maximum atomic E-state index is 12.6. The summed E-state index contributed by atoms with van der Waals surface area (Å²) in [5, 5.41) is 2.71. The molecule has 0 aliphatic rings. The molecule has 0 aliphatic heterocycles. The zero-order chi connectivity index (χ0) is 19.3. The van der Waals surface area contributed by atoms with Gasteiger partial charge in [-0.2, -0.15) is 13.2 Å². The highest BCUT2D eigenvalue weighted by molar-refractivity contribution is 5.94. The van der Waals surface area contributed by atoms with Crippen LogP contribution in [-0.4, -0.2) is 18.4 Å². The van der Waals surface area contributed by atoms with E-state index in [4.69, 9.17) is 10.5 Å². The first-order chi connectivity index (χ1) is 12.2. The Morgan fingerprint density at radius 1 is 1.08 bits per heavy atom. The van der Waals surface area contributed by atoms with Crippen molar-refractivity contribution >= 4 is 11.8 Å². The number of carbonyl (C=O) groups is 2. The van der Waals surface area contributed by atoms with Crippen LogP contribution in [0.4, 0.5) is 13.2 Å². The monoisotopic (exact) mass is 366 g/mol. The minimum atomic E-state index is -4.40. The number of primary amides is 1. The van der Waals surface area contributed by atoms with E-state index in [1.165, 1.54) is 36.4 Å². The third-order valence-corrected chi connectivity index (χ3v) is 3.58.